The minimum Gasteiger partial charge on any atom is -0.496 e. The smallest absolute Gasteiger partial charge is 0.175 e. The molecule has 2 N–H and O–H groups in total. The summed E-state index contributed by atoms with van der Waals surface area (Å²) in [5, 5.41) is 20.7. The third-order valence-corrected chi connectivity index (χ3v) is 9.47. The second kappa shape index (κ2) is 7.82. The number of thioether (sulfide) groups is 2. The fourth-order valence-corrected chi connectivity index (χ4v) is 7.84. The largest absolute Gasteiger partial charge is 0.496 e. The van der Waals surface area contributed by atoms with E-state index in [9.17, 15) is 10.5 Å². The zero-order chi connectivity index (χ0) is 20.6. The quantitative estimate of drug-likeness (QED) is 0.534. The summed E-state index contributed by atoms with van der Waals surface area (Å²) < 4.78 is 5.66. The first-order chi connectivity index (χ1) is 13.4. The molecule has 1 aliphatic carbocycles. The van der Waals surface area contributed by atoms with Gasteiger partial charge in [-0.05, 0) is 42.5 Å². The van der Waals surface area contributed by atoms with Crippen molar-refractivity contribution in [3.8, 4) is 17.9 Å². The van der Waals surface area contributed by atoms with Crippen LogP contribution in [0.4, 0.5) is 0 Å². The number of methoxy groups -OCH3 is 1. The van der Waals surface area contributed by atoms with Gasteiger partial charge in [-0.3, -0.25) is 0 Å². The molecule has 1 fully saturated rings. The van der Waals surface area contributed by atoms with Gasteiger partial charge in [0.1, 0.15) is 22.4 Å². The molecule has 0 aromatic heterocycles. The molecule has 0 bridgehead atoms. The van der Waals surface area contributed by atoms with Crippen LogP contribution >= 0.6 is 39.5 Å². The molecule has 1 aromatic carbocycles. The lowest BCUT2D eigenvalue weighted by atomic mass is 9.97. The van der Waals surface area contributed by atoms with E-state index in [1.807, 2.05) is 18.2 Å². The van der Waals surface area contributed by atoms with Gasteiger partial charge in [0.05, 0.1) is 19.2 Å². The number of amidine groups is 1. The maximum Gasteiger partial charge on any atom is 0.175 e. The van der Waals surface area contributed by atoms with Crippen molar-refractivity contribution in [1.29, 1.82) is 10.5 Å². The molecule has 8 heteroatoms. The van der Waals surface area contributed by atoms with E-state index in [-0.39, 0.29) is 11.8 Å². The molecule has 0 saturated heterocycles. The fraction of sp³-hybridized carbons (Fsp3) is 0.550. The van der Waals surface area contributed by atoms with Gasteiger partial charge in [0.25, 0.3) is 0 Å². The molecule has 2 aliphatic rings. The van der Waals surface area contributed by atoms with Crippen molar-refractivity contribution >= 4 is 45.3 Å². The molecule has 1 heterocycles. The SMILES string of the molecule is CCCSC1(SCCC)N=C(N)C2(C#N)C(c3cc(Br)ccc3OC)C12C#N. The summed E-state index contributed by atoms with van der Waals surface area (Å²) in [4.78, 5) is 4.79. The lowest BCUT2D eigenvalue weighted by molar-refractivity contribution is 0.407. The van der Waals surface area contributed by atoms with Crippen molar-refractivity contribution in [2.24, 2.45) is 21.6 Å². The van der Waals surface area contributed by atoms with Crippen molar-refractivity contribution in [1.82, 2.24) is 0 Å². The molecule has 1 saturated carbocycles. The Labute approximate surface area is 183 Å². The third kappa shape index (κ3) is 2.61. The highest BCUT2D eigenvalue weighted by Gasteiger charge is 2.92. The minimum absolute atomic E-state index is 0.274. The van der Waals surface area contributed by atoms with E-state index in [0.717, 1.165) is 34.4 Å². The second-order valence-corrected chi connectivity index (χ2v) is 10.7. The van der Waals surface area contributed by atoms with Crippen LogP contribution in [0.5, 0.6) is 5.75 Å². The number of halogens is 1. The maximum absolute atomic E-state index is 10.5. The minimum atomic E-state index is -1.13. The van der Waals surface area contributed by atoms with E-state index in [0.29, 0.717) is 5.75 Å². The Balaban J connectivity index is 2.23. The average molecular weight is 479 g/mol. The molecule has 3 rings (SSSR count). The average Bonchev–Trinajstić information content (AvgIpc) is 3.28. The van der Waals surface area contributed by atoms with Crippen molar-refractivity contribution < 1.29 is 4.74 Å². The molecular weight excluding hydrogens is 456 g/mol. The number of benzene rings is 1. The Hall–Kier alpha value is -1.35. The van der Waals surface area contributed by atoms with E-state index in [1.54, 1.807) is 30.6 Å². The molecular formula is C20H23BrN4OS2. The van der Waals surface area contributed by atoms with Gasteiger partial charge >= 0.3 is 0 Å². The zero-order valence-corrected chi connectivity index (χ0v) is 19.4. The summed E-state index contributed by atoms with van der Waals surface area (Å²) in [6.45, 7) is 4.21. The summed E-state index contributed by atoms with van der Waals surface area (Å²) in [7, 11) is 1.60. The van der Waals surface area contributed by atoms with E-state index < -0.39 is 15.0 Å². The molecule has 5 nitrogen and oxygen atoms in total. The molecule has 1 aliphatic heterocycles. The summed E-state index contributed by atoms with van der Waals surface area (Å²) >= 11 is 6.81. The van der Waals surface area contributed by atoms with E-state index >= 15 is 0 Å². The van der Waals surface area contributed by atoms with Crippen LogP contribution in [0, 0.1) is 33.5 Å². The van der Waals surface area contributed by atoms with Crippen LogP contribution in [0.25, 0.3) is 0 Å². The zero-order valence-electron chi connectivity index (χ0n) is 16.2. The number of ether oxygens (including phenoxy) is 1. The molecule has 0 spiro atoms. The predicted molar refractivity (Wildman–Crippen MR) is 119 cm³/mol. The van der Waals surface area contributed by atoms with Crippen LogP contribution in [0.15, 0.2) is 27.7 Å². The second-order valence-electron chi connectivity index (χ2n) is 6.93. The van der Waals surface area contributed by atoms with Gasteiger partial charge in [0.2, 0.25) is 0 Å². The molecule has 148 valence electrons. The number of nitrogens with two attached hydrogens (primary N) is 1. The Morgan fingerprint density at radius 1 is 1.21 bits per heavy atom. The molecule has 3 unspecified atom stereocenters. The van der Waals surface area contributed by atoms with Gasteiger partial charge in [-0.1, -0.05) is 29.8 Å². The predicted octanol–water partition coefficient (Wildman–Crippen LogP) is 4.89. The van der Waals surface area contributed by atoms with Gasteiger partial charge in [-0.25, -0.2) is 4.99 Å². The number of hydrogen-bond acceptors (Lipinski definition) is 7. The van der Waals surface area contributed by atoms with Crippen molar-refractivity contribution in [3.05, 3.63) is 28.2 Å². The highest BCUT2D eigenvalue weighted by molar-refractivity contribution is 9.10. The summed E-state index contributed by atoms with van der Waals surface area (Å²) in [6, 6.07) is 10.6. The number of fused-ring (bicyclic) bond motifs is 1. The molecule has 0 radical (unpaired) electrons. The highest BCUT2D eigenvalue weighted by atomic mass is 79.9. The van der Waals surface area contributed by atoms with Crippen LogP contribution in [-0.2, 0) is 0 Å². The number of nitriles is 2. The fourth-order valence-electron chi connectivity index (χ4n) is 4.24. The normalized spacial score (nSPS) is 29.4. The first-order valence-electron chi connectivity index (χ1n) is 9.24. The van der Waals surface area contributed by atoms with Crippen LogP contribution in [0.3, 0.4) is 0 Å². The molecule has 1 aromatic rings. The lowest BCUT2D eigenvalue weighted by Crippen LogP contribution is -2.32. The summed E-state index contributed by atoms with van der Waals surface area (Å²) in [6.07, 6.45) is 1.92. The third-order valence-electron chi connectivity index (χ3n) is 5.43. The van der Waals surface area contributed by atoms with Crippen LogP contribution in [-0.4, -0.2) is 28.7 Å². The number of hydrogen-bond donors (Lipinski definition) is 1. The van der Waals surface area contributed by atoms with Gasteiger partial charge in [0.15, 0.2) is 4.20 Å². The maximum atomic E-state index is 10.5. The standard InChI is InChI=1S/C20H23BrN4OS2/c1-4-8-27-20(28-9-5-2)19(12-23)16(18(19,11-22)17(24)25-20)14-10-13(21)6-7-15(14)26-3/h6-7,10,16H,4-5,8-9H2,1-3H3,(H2,24,25). The number of rotatable bonds is 8. The Bertz CT molecular complexity index is 885. The monoisotopic (exact) mass is 478 g/mol. The number of nitrogens with zero attached hydrogens (tertiary/aromatic N) is 3. The van der Waals surface area contributed by atoms with Crippen LogP contribution < -0.4 is 10.5 Å². The topological polar surface area (TPSA) is 95.2 Å². The highest BCUT2D eigenvalue weighted by Crippen LogP contribution is 2.86. The Morgan fingerprint density at radius 2 is 1.86 bits per heavy atom. The van der Waals surface area contributed by atoms with Gasteiger partial charge < -0.3 is 10.5 Å². The Kier molecular flexibility index (Phi) is 5.96. The number of aliphatic imine (C=N–C) groups is 1. The van der Waals surface area contributed by atoms with E-state index in [2.05, 4.69) is 41.9 Å². The van der Waals surface area contributed by atoms with Gasteiger partial charge in [0, 0.05) is 16.0 Å². The van der Waals surface area contributed by atoms with E-state index in [1.165, 1.54) is 0 Å². The Morgan fingerprint density at radius 3 is 2.36 bits per heavy atom. The van der Waals surface area contributed by atoms with Gasteiger partial charge in [-0.15, -0.1) is 23.5 Å². The first kappa shape index (κ1) is 21.4. The van der Waals surface area contributed by atoms with Crippen LogP contribution in [0.1, 0.15) is 38.2 Å². The molecule has 3 atom stereocenters. The molecule has 28 heavy (non-hydrogen) atoms. The van der Waals surface area contributed by atoms with Crippen LogP contribution in [0.2, 0.25) is 0 Å². The summed E-state index contributed by atoms with van der Waals surface area (Å²) in [5.41, 5.74) is 5.08. The van der Waals surface area contributed by atoms with Gasteiger partial charge in [-0.2, -0.15) is 10.5 Å². The first-order valence-corrected chi connectivity index (χ1v) is 12.0. The van der Waals surface area contributed by atoms with Crippen molar-refractivity contribution in [2.45, 2.75) is 36.8 Å². The van der Waals surface area contributed by atoms with Crippen molar-refractivity contribution in [2.75, 3.05) is 18.6 Å². The van der Waals surface area contributed by atoms with E-state index in [4.69, 9.17) is 15.5 Å². The summed E-state index contributed by atoms with van der Waals surface area (Å²) in [5.74, 6) is 2.25. The molecule has 0 amide bonds. The van der Waals surface area contributed by atoms with Crippen molar-refractivity contribution in [3.63, 3.8) is 0 Å². The lowest BCUT2D eigenvalue weighted by Gasteiger charge is -2.32.